The topological polar surface area (TPSA) is 66.6 Å². The van der Waals surface area contributed by atoms with Crippen LogP contribution in [-0.2, 0) is 4.79 Å². The Hall–Kier alpha value is -0.610. The number of aliphatic hydroxyl groups is 1. The van der Waals surface area contributed by atoms with Crippen LogP contribution in [-0.4, -0.2) is 41.1 Å². The summed E-state index contributed by atoms with van der Waals surface area (Å²) in [6.45, 7) is 2.98. The first-order valence-corrected chi connectivity index (χ1v) is 4.37. The molecule has 0 aromatic rings. The predicted molar refractivity (Wildman–Crippen MR) is 45.5 cm³/mol. The van der Waals surface area contributed by atoms with Crippen LogP contribution in [0.5, 0.6) is 0 Å². The fourth-order valence-corrected chi connectivity index (χ4v) is 1.35. The van der Waals surface area contributed by atoms with E-state index in [-0.39, 0.29) is 12.0 Å². The van der Waals surface area contributed by atoms with Crippen molar-refractivity contribution in [2.45, 2.75) is 31.9 Å². The maximum Gasteiger partial charge on any atom is 0.239 e. The SMILES string of the molecule is CC[C@@H](N)C(=O)N1CC[C@@H](O)C1. The molecule has 0 aliphatic carbocycles. The molecule has 1 aliphatic heterocycles. The van der Waals surface area contributed by atoms with Gasteiger partial charge in [-0.15, -0.1) is 0 Å². The van der Waals surface area contributed by atoms with Crippen molar-refractivity contribution in [1.82, 2.24) is 4.90 Å². The molecule has 4 nitrogen and oxygen atoms in total. The lowest BCUT2D eigenvalue weighted by Crippen LogP contribution is -2.42. The monoisotopic (exact) mass is 172 g/mol. The molecule has 12 heavy (non-hydrogen) atoms. The fraction of sp³-hybridized carbons (Fsp3) is 0.875. The smallest absolute Gasteiger partial charge is 0.239 e. The second-order valence-corrected chi connectivity index (χ2v) is 3.24. The van der Waals surface area contributed by atoms with Crippen LogP contribution in [0.4, 0.5) is 0 Å². The third-order valence-corrected chi connectivity index (χ3v) is 2.23. The lowest BCUT2D eigenvalue weighted by Gasteiger charge is -2.18. The average molecular weight is 172 g/mol. The van der Waals surface area contributed by atoms with E-state index in [1.54, 1.807) is 4.90 Å². The molecule has 0 radical (unpaired) electrons. The molecule has 4 heteroatoms. The number of likely N-dealkylation sites (tertiary alicyclic amines) is 1. The Morgan fingerprint density at radius 3 is 2.92 bits per heavy atom. The Morgan fingerprint density at radius 2 is 2.50 bits per heavy atom. The maximum absolute atomic E-state index is 11.4. The van der Waals surface area contributed by atoms with E-state index in [1.165, 1.54) is 0 Å². The second kappa shape index (κ2) is 3.87. The number of aliphatic hydroxyl groups excluding tert-OH is 1. The van der Waals surface area contributed by atoms with Gasteiger partial charge >= 0.3 is 0 Å². The van der Waals surface area contributed by atoms with E-state index >= 15 is 0 Å². The van der Waals surface area contributed by atoms with Crippen LogP contribution in [0, 0.1) is 0 Å². The number of hydrogen-bond donors (Lipinski definition) is 2. The first kappa shape index (κ1) is 9.48. The van der Waals surface area contributed by atoms with E-state index in [9.17, 15) is 4.79 Å². The molecule has 1 saturated heterocycles. The number of hydrogen-bond acceptors (Lipinski definition) is 3. The van der Waals surface area contributed by atoms with Crippen molar-refractivity contribution in [2.75, 3.05) is 13.1 Å². The quantitative estimate of drug-likeness (QED) is 0.580. The summed E-state index contributed by atoms with van der Waals surface area (Å²) in [7, 11) is 0. The molecule has 0 aromatic carbocycles. The van der Waals surface area contributed by atoms with Gasteiger partial charge < -0.3 is 15.7 Å². The molecular formula is C8H16N2O2. The van der Waals surface area contributed by atoms with Gasteiger partial charge in [0.2, 0.25) is 5.91 Å². The Labute approximate surface area is 72.3 Å². The molecule has 1 aliphatic rings. The zero-order chi connectivity index (χ0) is 9.14. The average Bonchev–Trinajstić information content (AvgIpc) is 2.49. The summed E-state index contributed by atoms with van der Waals surface area (Å²) in [4.78, 5) is 13.0. The molecule has 0 bridgehead atoms. The number of nitrogens with zero attached hydrogens (tertiary/aromatic N) is 1. The molecule has 1 fully saturated rings. The molecule has 0 unspecified atom stereocenters. The Balaban J connectivity index is 2.43. The normalized spacial score (nSPS) is 25.9. The number of rotatable bonds is 2. The van der Waals surface area contributed by atoms with E-state index in [0.29, 0.717) is 25.9 Å². The summed E-state index contributed by atoms with van der Waals surface area (Å²) < 4.78 is 0. The highest BCUT2D eigenvalue weighted by Gasteiger charge is 2.26. The molecule has 0 spiro atoms. The summed E-state index contributed by atoms with van der Waals surface area (Å²) in [5.41, 5.74) is 5.57. The first-order valence-electron chi connectivity index (χ1n) is 4.37. The van der Waals surface area contributed by atoms with Crippen LogP contribution >= 0.6 is 0 Å². The Morgan fingerprint density at radius 1 is 1.83 bits per heavy atom. The van der Waals surface area contributed by atoms with Crippen LogP contribution in [0.25, 0.3) is 0 Å². The summed E-state index contributed by atoms with van der Waals surface area (Å²) in [6, 6.07) is -0.393. The first-order chi connectivity index (χ1) is 5.65. The Kier molecular flexibility index (Phi) is 3.05. The van der Waals surface area contributed by atoms with Crippen molar-refractivity contribution < 1.29 is 9.90 Å². The highest BCUT2D eigenvalue weighted by Crippen LogP contribution is 2.10. The lowest BCUT2D eigenvalue weighted by molar-refractivity contribution is -0.131. The van der Waals surface area contributed by atoms with Gasteiger partial charge in [0.1, 0.15) is 0 Å². The van der Waals surface area contributed by atoms with Crippen molar-refractivity contribution >= 4 is 5.91 Å². The zero-order valence-electron chi connectivity index (χ0n) is 7.36. The summed E-state index contributed by atoms with van der Waals surface area (Å²) >= 11 is 0. The van der Waals surface area contributed by atoms with E-state index in [4.69, 9.17) is 10.8 Å². The molecule has 1 heterocycles. The van der Waals surface area contributed by atoms with Crippen LogP contribution in [0.15, 0.2) is 0 Å². The molecule has 3 N–H and O–H groups in total. The summed E-state index contributed by atoms with van der Waals surface area (Å²) in [5, 5.41) is 9.17. The minimum absolute atomic E-state index is 0.0333. The predicted octanol–water partition coefficient (Wildman–Crippen LogP) is -0.683. The van der Waals surface area contributed by atoms with Crippen molar-refractivity contribution in [3.63, 3.8) is 0 Å². The van der Waals surface area contributed by atoms with Gasteiger partial charge in [0.25, 0.3) is 0 Å². The third kappa shape index (κ3) is 1.95. The number of carbonyl (C=O) groups excluding carboxylic acids is 1. The van der Waals surface area contributed by atoms with E-state index in [2.05, 4.69) is 0 Å². The zero-order valence-corrected chi connectivity index (χ0v) is 7.36. The molecule has 1 amide bonds. The van der Waals surface area contributed by atoms with Crippen LogP contribution in [0.1, 0.15) is 19.8 Å². The molecular weight excluding hydrogens is 156 g/mol. The number of nitrogens with two attached hydrogens (primary N) is 1. The lowest BCUT2D eigenvalue weighted by atomic mass is 10.2. The van der Waals surface area contributed by atoms with Gasteiger partial charge in [-0.05, 0) is 12.8 Å². The Bertz CT molecular complexity index is 172. The summed E-state index contributed by atoms with van der Waals surface area (Å²) in [6.07, 6.45) is 0.992. The van der Waals surface area contributed by atoms with E-state index in [0.717, 1.165) is 0 Å². The maximum atomic E-state index is 11.4. The standard InChI is InChI=1S/C8H16N2O2/c1-2-7(9)8(12)10-4-3-6(11)5-10/h6-7,11H,2-5,9H2,1H3/t6-,7-/m1/s1. The van der Waals surface area contributed by atoms with Crippen LogP contribution in [0.3, 0.4) is 0 Å². The molecule has 0 saturated carbocycles. The van der Waals surface area contributed by atoms with Crippen LogP contribution in [0.2, 0.25) is 0 Å². The van der Waals surface area contributed by atoms with Crippen molar-refractivity contribution in [3.05, 3.63) is 0 Å². The van der Waals surface area contributed by atoms with Gasteiger partial charge in [0.05, 0.1) is 12.1 Å². The van der Waals surface area contributed by atoms with Gasteiger partial charge in [-0.3, -0.25) is 4.79 Å². The van der Waals surface area contributed by atoms with Gasteiger partial charge in [-0.1, -0.05) is 6.92 Å². The van der Waals surface area contributed by atoms with Crippen molar-refractivity contribution in [1.29, 1.82) is 0 Å². The highest BCUT2D eigenvalue weighted by atomic mass is 16.3. The fourth-order valence-electron chi connectivity index (χ4n) is 1.35. The summed E-state index contributed by atoms with van der Waals surface area (Å²) in [5.74, 6) is -0.0333. The third-order valence-electron chi connectivity index (χ3n) is 2.23. The minimum Gasteiger partial charge on any atom is -0.391 e. The second-order valence-electron chi connectivity index (χ2n) is 3.24. The van der Waals surface area contributed by atoms with E-state index in [1.807, 2.05) is 6.92 Å². The van der Waals surface area contributed by atoms with Crippen molar-refractivity contribution in [2.24, 2.45) is 5.73 Å². The number of amides is 1. The molecule has 0 aromatic heterocycles. The van der Waals surface area contributed by atoms with Gasteiger partial charge in [-0.25, -0.2) is 0 Å². The minimum atomic E-state index is -0.393. The number of carbonyl (C=O) groups is 1. The molecule has 70 valence electrons. The molecule has 2 atom stereocenters. The van der Waals surface area contributed by atoms with Crippen LogP contribution < -0.4 is 5.73 Å². The van der Waals surface area contributed by atoms with Crippen molar-refractivity contribution in [3.8, 4) is 0 Å². The largest absolute Gasteiger partial charge is 0.391 e. The van der Waals surface area contributed by atoms with E-state index < -0.39 is 6.04 Å². The van der Waals surface area contributed by atoms with Gasteiger partial charge in [0, 0.05) is 13.1 Å². The molecule has 1 rings (SSSR count). The number of β-amino-alcohol motifs (C(OH)–C–C–N with tert-alkyl or cyclic N) is 1. The van der Waals surface area contributed by atoms with Gasteiger partial charge in [-0.2, -0.15) is 0 Å². The van der Waals surface area contributed by atoms with Gasteiger partial charge in [0.15, 0.2) is 0 Å². The highest BCUT2D eigenvalue weighted by molar-refractivity contribution is 5.81.